The van der Waals surface area contributed by atoms with Crippen molar-refractivity contribution in [3.8, 4) is 0 Å². The third-order valence-electron chi connectivity index (χ3n) is 7.08. The van der Waals surface area contributed by atoms with Gasteiger partial charge in [0.2, 0.25) is 5.91 Å². The van der Waals surface area contributed by atoms with Crippen LogP contribution in [0.25, 0.3) is 0 Å². The summed E-state index contributed by atoms with van der Waals surface area (Å²) in [6, 6.07) is 13.5. The summed E-state index contributed by atoms with van der Waals surface area (Å²) in [5.74, 6) is -0.574. The Morgan fingerprint density at radius 3 is 2.53 bits per heavy atom. The third kappa shape index (κ3) is 6.35. The molecule has 5 rings (SSSR count). The number of cyclic esters (lactones) is 1. The van der Waals surface area contributed by atoms with Gasteiger partial charge in [0.1, 0.15) is 11.9 Å². The first-order chi connectivity index (χ1) is 18.5. The molecule has 3 fully saturated rings. The van der Waals surface area contributed by atoms with Crippen LogP contribution in [-0.4, -0.2) is 88.7 Å². The number of carbonyl (C=O) groups is 2. The molecule has 0 aromatic heterocycles. The zero-order chi connectivity index (χ0) is 26.5. The number of carbonyl (C=O) groups excluding carboxylic acids is 2. The van der Waals surface area contributed by atoms with E-state index in [9.17, 15) is 9.59 Å². The van der Waals surface area contributed by atoms with Gasteiger partial charge in [-0.15, -0.1) is 0 Å². The lowest BCUT2D eigenvalue weighted by Gasteiger charge is -2.29. The molecule has 38 heavy (non-hydrogen) atoms. The molecule has 2 aromatic carbocycles. The van der Waals surface area contributed by atoms with Crippen molar-refractivity contribution in [3.05, 3.63) is 53.8 Å². The van der Waals surface area contributed by atoms with E-state index in [1.54, 1.807) is 12.1 Å². The molecule has 0 radical (unpaired) electrons. The first-order valence-corrected chi connectivity index (χ1v) is 13.1. The highest BCUT2D eigenvalue weighted by atomic mass is 19.1. The van der Waals surface area contributed by atoms with E-state index < -0.39 is 12.2 Å². The Labute approximate surface area is 222 Å². The standard InChI is InChI=1S/C27H35FN6O4/c1-20(35)29-17-24-19-34(27(36)38-24)23-6-7-26(25(28)16-23)32-9-8-30-33(11-10-32)18-21-2-4-22(5-3-21)31-12-14-37-15-13-31/h2-7,16,24,30H,8-15,17-19H2,1H3,(H,29,35)/t24-/m0/s1. The molecule has 1 atom stereocenters. The molecule has 0 bridgehead atoms. The average molecular weight is 527 g/mol. The van der Waals surface area contributed by atoms with E-state index in [-0.39, 0.29) is 24.8 Å². The average Bonchev–Trinajstić information content (AvgIpc) is 3.15. The molecule has 0 spiro atoms. The van der Waals surface area contributed by atoms with Crippen molar-refractivity contribution in [1.82, 2.24) is 15.8 Å². The Morgan fingerprint density at radius 1 is 1.03 bits per heavy atom. The van der Waals surface area contributed by atoms with Gasteiger partial charge in [0.25, 0.3) is 0 Å². The molecule has 3 heterocycles. The predicted molar refractivity (Wildman–Crippen MR) is 143 cm³/mol. The van der Waals surface area contributed by atoms with Gasteiger partial charge in [0, 0.05) is 58.4 Å². The number of hydrogen-bond acceptors (Lipinski definition) is 8. The fourth-order valence-corrected chi connectivity index (χ4v) is 5.02. The van der Waals surface area contributed by atoms with Crippen LogP contribution in [0.2, 0.25) is 0 Å². The summed E-state index contributed by atoms with van der Waals surface area (Å²) in [6.45, 7) is 8.78. The van der Waals surface area contributed by atoms with Crippen LogP contribution in [0, 0.1) is 5.82 Å². The summed E-state index contributed by atoms with van der Waals surface area (Å²) in [5, 5.41) is 4.82. The first-order valence-electron chi connectivity index (χ1n) is 13.1. The molecule has 2 aromatic rings. The van der Waals surface area contributed by atoms with Crippen molar-refractivity contribution in [3.63, 3.8) is 0 Å². The highest BCUT2D eigenvalue weighted by Gasteiger charge is 2.33. The molecular formula is C27H35FN6O4. The minimum atomic E-state index is -0.542. The maximum Gasteiger partial charge on any atom is 0.414 e. The molecule has 11 heteroatoms. The smallest absolute Gasteiger partial charge is 0.414 e. The van der Waals surface area contributed by atoms with Gasteiger partial charge in [-0.1, -0.05) is 12.1 Å². The fraction of sp³-hybridized carbons (Fsp3) is 0.481. The van der Waals surface area contributed by atoms with Crippen molar-refractivity contribution >= 4 is 29.1 Å². The number of nitrogens with one attached hydrogen (secondary N) is 2. The number of halogens is 1. The molecule has 3 aliphatic rings. The monoisotopic (exact) mass is 526 g/mol. The van der Waals surface area contributed by atoms with E-state index in [4.69, 9.17) is 9.47 Å². The maximum atomic E-state index is 15.2. The molecule has 3 saturated heterocycles. The summed E-state index contributed by atoms with van der Waals surface area (Å²) in [6.07, 6.45) is -1.01. The second kappa shape index (κ2) is 12.0. The number of rotatable bonds is 7. The fourth-order valence-electron chi connectivity index (χ4n) is 5.02. The number of benzene rings is 2. The summed E-state index contributed by atoms with van der Waals surface area (Å²) in [4.78, 5) is 29.2. The van der Waals surface area contributed by atoms with Crippen LogP contribution in [0.3, 0.4) is 0 Å². The molecular weight excluding hydrogens is 491 g/mol. The molecule has 0 aliphatic carbocycles. The predicted octanol–water partition coefficient (Wildman–Crippen LogP) is 1.95. The minimum Gasteiger partial charge on any atom is -0.442 e. The molecule has 3 aliphatic heterocycles. The Hall–Kier alpha value is -3.41. The topological polar surface area (TPSA) is 89.6 Å². The highest BCUT2D eigenvalue weighted by molar-refractivity contribution is 5.90. The van der Waals surface area contributed by atoms with E-state index >= 15 is 4.39 Å². The van der Waals surface area contributed by atoms with Gasteiger partial charge in [-0.25, -0.2) is 14.2 Å². The van der Waals surface area contributed by atoms with Gasteiger partial charge in [0.05, 0.1) is 37.7 Å². The highest BCUT2D eigenvalue weighted by Crippen LogP contribution is 2.28. The van der Waals surface area contributed by atoms with Crippen molar-refractivity contribution in [1.29, 1.82) is 0 Å². The van der Waals surface area contributed by atoms with Gasteiger partial charge in [-0.05, 0) is 35.9 Å². The molecule has 0 unspecified atom stereocenters. The van der Waals surface area contributed by atoms with E-state index in [0.29, 0.717) is 31.0 Å². The van der Waals surface area contributed by atoms with Gasteiger partial charge < -0.3 is 24.6 Å². The minimum absolute atomic E-state index is 0.193. The van der Waals surface area contributed by atoms with Crippen LogP contribution in [-0.2, 0) is 20.8 Å². The largest absolute Gasteiger partial charge is 0.442 e. The van der Waals surface area contributed by atoms with Crippen LogP contribution < -0.4 is 25.4 Å². The molecule has 0 saturated carbocycles. The lowest BCUT2D eigenvalue weighted by Crippen LogP contribution is -2.38. The quantitative estimate of drug-likeness (QED) is 0.566. The number of hydrazine groups is 1. The summed E-state index contributed by atoms with van der Waals surface area (Å²) < 4.78 is 25.9. The van der Waals surface area contributed by atoms with Crippen LogP contribution in [0.15, 0.2) is 42.5 Å². The second-order valence-electron chi connectivity index (χ2n) is 9.77. The Bertz CT molecular complexity index is 1130. The zero-order valence-corrected chi connectivity index (χ0v) is 21.7. The first kappa shape index (κ1) is 26.2. The number of amides is 2. The number of anilines is 3. The second-order valence-corrected chi connectivity index (χ2v) is 9.77. The zero-order valence-electron chi connectivity index (χ0n) is 21.7. The summed E-state index contributed by atoms with van der Waals surface area (Å²) in [7, 11) is 0. The van der Waals surface area contributed by atoms with Gasteiger partial charge >= 0.3 is 6.09 Å². The molecule has 204 valence electrons. The summed E-state index contributed by atoms with van der Waals surface area (Å²) >= 11 is 0. The van der Waals surface area contributed by atoms with Crippen LogP contribution in [0.5, 0.6) is 0 Å². The van der Waals surface area contributed by atoms with Crippen molar-refractivity contribution in [2.24, 2.45) is 0 Å². The molecule has 2 N–H and O–H groups in total. The molecule has 2 amide bonds. The summed E-state index contributed by atoms with van der Waals surface area (Å²) in [5.41, 5.74) is 6.84. The van der Waals surface area contributed by atoms with E-state index in [0.717, 1.165) is 39.4 Å². The van der Waals surface area contributed by atoms with Gasteiger partial charge in [-0.3, -0.25) is 15.1 Å². The number of ether oxygens (including phenoxy) is 2. The lowest BCUT2D eigenvalue weighted by molar-refractivity contribution is -0.119. The Kier molecular flexibility index (Phi) is 8.26. The van der Waals surface area contributed by atoms with E-state index in [1.165, 1.54) is 29.1 Å². The number of morpholine rings is 1. The molecule has 10 nitrogen and oxygen atoms in total. The van der Waals surface area contributed by atoms with Gasteiger partial charge in [-0.2, -0.15) is 0 Å². The van der Waals surface area contributed by atoms with Gasteiger partial charge in [0.15, 0.2) is 0 Å². The normalized spacial score (nSPS) is 20.8. The number of nitrogens with zero attached hydrogens (tertiary/aromatic N) is 4. The Balaban J connectivity index is 1.16. The maximum absolute atomic E-state index is 15.2. The van der Waals surface area contributed by atoms with E-state index in [1.807, 2.05) is 4.90 Å². The van der Waals surface area contributed by atoms with Crippen molar-refractivity contribution < 1.29 is 23.5 Å². The SMILES string of the molecule is CC(=O)NC[C@H]1CN(c2ccc(N3CCNN(Cc4ccc(N5CCOCC5)cc4)CC3)c(F)c2)C(=O)O1. The van der Waals surface area contributed by atoms with Crippen molar-refractivity contribution in [2.75, 3.05) is 80.3 Å². The van der Waals surface area contributed by atoms with Crippen LogP contribution in [0.1, 0.15) is 12.5 Å². The van der Waals surface area contributed by atoms with Crippen LogP contribution >= 0.6 is 0 Å². The van der Waals surface area contributed by atoms with Crippen LogP contribution in [0.4, 0.5) is 26.2 Å². The number of hydrogen-bond donors (Lipinski definition) is 2. The van der Waals surface area contributed by atoms with E-state index in [2.05, 4.69) is 44.9 Å². The lowest BCUT2D eigenvalue weighted by atomic mass is 10.2. The van der Waals surface area contributed by atoms with Crippen molar-refractivity contribution in [2.45, 2.75) is 19.6 Å². The Morgan fingerprint density at radius 2 is 1.79 bits per heavy atom. The third-order valence-corrected chi connectivity index (χ3v) is 7.08.